The van der Waals surface area contributed by atoms with Crippen molar-refractivity contribution in [3.05, 3.63) is 35.9 Å². The second kappa shape index (κ2) is 5.33. The van der Waals surface area contributed by atoms with Crippen molar-refractivity contribution in [2.45, 2.75) is 50.0 Å². The first-order chi connectivity index (χ1) is 10.2. The first-order valence-corrected chi connectivity index (χ1v) is 7.51. The minimum Gasteiger partial charge on any atom is -0.274 e. The monoisotopic (exact) mass is 282 g/mol. The SMILES string of the molecule is N#CC1(N2C(=O)CC(c3ccccc3)C2=O)CCCCC1. The third kappa shape index (κ3) is 2.23. The average molecular weight is 282 g/mol. The van der Waals surface area contributed by atoms with Crippen LogP contribution >= 0.6 is 0 Å². The zero-order valence-electron chi connectivity index (χ0n) is 11.9. The Morgan fingerprint density at radius 1 is 1.10 bits per heavy atom. The van der Waals surface area contributed by atoms with Gasteiger partial charge in [0.1, 0.15) is 5.54 Å². The molecule has 2 fully saturated rings. The minimum absolute atomic E-state index is 0.187. The topological polar surface area (TPSA) is 61.2 Å². The molecule has 21 heavy (non-hydrogen) atoms. The maximum absolute atomic E-state index is 12.7. The zero-order valence-corrected chi connectivity index (χ0v) is 11.9. The van der Waals surface area contributed by atoms with Gasteiger partial charge in [0.2, 0.25) is 11.8 Å². The van der Waals surface area contributed by atoms with Gasteiger partial charge in [0.05, 0.1) is 12.0 Å². The molecular formula is C17H18N2O2. The van der Waals surface area contributed by atoms with Crippen molar-refractivity contribution in [2.24, 2.45) is 0 Å². The largest absolute Gasteiger partial charge is 0.274 e. The molecule has 0 aromatic heterocycles. The molecule has 1 atom stereocenters. The van der Waals surface area contributed by atoms with Crippen molar-refractivity contribution in [1.82, 2.24) is 4.90 Å². The van der Waals surface area contributed by atoms with Crippen molar-refractivity contribution in [3.8, 4) is 6.07 Å². The van der Waals surface area contributed by atoms with Crippen LogP contribution in [0.25, 0.3) is 0 Å². The quantitative estimate of drug-likeness (QED) is 0.784. The van der Waals surface area contributed by atoms with Crippen LogP contribution in [0.15, 0.2) is 30.3 Å². The summed E-state index contributed by atoms with van der Waals surface area (Å²) in [5.41, 5.74) is -0.0436. The highest BCUT2D eigenvalue weighted by atomic mass is 16.2. The van der Waals surface area contributed by atoms with Gasteiger partial charge in [-0.2, -0.15) is 5.26 Å². The Morgan fingerprint density at radius 3 is 2.38 bits per heavy atom. The molecule has 4 heteroatoms. The van der Waals surface area contributed by atoms with Gasteiger partial charge in [0.15, 0.2) is 0 Å². The summed E-state index contributed by atoms with van der Waals surface area (Å²) in [5.74, 6) is -0.821. The fourth-order valence-electron chi connectivity index (χ4n) is 3.55. The molecule has 0 radical (unpaired) electrons. The minimum atomic E-state index is -0.907. The standard InChI is InChI=1S/C17H18N2O2/c18-12-17(9-5-2-6-10-17)19-15(20)11-14(16(19)21)13-7-3-1-4-8-13/h1,3-4,7-8,14H,2,5-6,9-11H2. The molecule has 1 aromatic carbocycles. The first kappa shape index (κ1) is 13.8. The van der Waals surface area contributed by atoms with Gasteiger partial charge in [-0.25, -0.2) is 0 Å². The van der Waals surface area contributed by atoms with Crippen molar-refractivity contribution in [1.29, 1.82) is 5.26 Å². The fourth-order valence-corrected chi connectivity index (χ4v) is 3.55. The van der Waals surface area contributed by atoms with Crippen molar-refractivity contribution >= 4 is 11.8 Å². The highest BCUT2D eigenvalue weighted by Gasteiger charge is 2.51. The highest BCUT2D eigenvalue weighted by molar-refractivity contribution is 6.07. The van der Waals surface area contributed by atoms with E-state index in [4.69, 9.17) is 0 Å². The molecule has 1 aliphatic carbocycles. The number of imide groups is 1. The van der Waals surface area contributed by atoms with E-state index in [2.05, 4.69) is 6.07 Å². The van der Waals surface area contributed by atoms with Crippen LogP contribution in [0.1, 0.15) is 50.0 Å². The first-order valence-electron chi connectivity index (χ1n) is 7.51. The summed E-state index contributed by atoms with van der Waals surface area (Å²) in [6.07, 6.45) is 4.29. The van der Waals surface area contributed by atoms with Gasteiger partial charge in [-0.15, -0.1) is 0 Å². The highest BCUT2D eigenvalue weighted by Crippen LogP contribution is 2.40. The zero-order chi connectivity index (χ0) is 14.9. The van der Waals surface area contributed by atoms with Crippen LogP contribution < -0.4 is 0 Å². The normalized spacial score (nSPS) is 24.9. The Labute approximate surface area is 124 Å². The number of carbonyl (C=O) groups excluding carboxylic acids is 2. The van der Waals surface area contributed by atoms with Crippen LogP contribution in [0.3, 0.4) is 0 Å². The molecule has 108 valence electrons. The molecule has 0 bridgehead atoms. The van der Waals surface area contributed by atoms with Gasteiger partial charge in [-0.05, 0) is 18.4 Å². The molecular weight excluding hydrogens is 264 g/mol. The predicted molar refractivity (Wildman–Crippen MR) is 77.1 cm³/mol. The lowest BCUT2D eigenvalue weighted by Gasteiger charge is -2.37. The van der Waals surface area contributed by atoms with Crippen LogP contribution in [0.5, 0.6) is 0 Å². The molecule has 2 amide bonds. The summed E-state index contributed by atoms with van der Waals surface area (Å²) in [7, 11) is 0. The number of benzene rings is 1. The summed E-state index contributed by atoms with van der Waals surface area (Å²) in [4.78, 5) is 26.4. The Morgan fingerprint density at radius 2 is 1.76 bits per heavy atom. The van der Waals surface area contributed by atoms with E-state index in [1.807, 2.05) is 30.3 Å². The van der Waals surface area contributed by atoms with Crippen LogP contribution in [-0.2, 0) is 9.59 Å². The van der Waals surface area contributed by atoms with E-state index in [1.54, 1.807) is 0 Å². The summed E-state index contributed by atoms with van der Waals surface area (Å²) in [6.45, 7) is 0. The van der Waals surface area contributed by atoms with Gasteiger partial charge < -0.3 is 0 Å². The molecule has 1 aliphatic heterocycles. The smallest absolute Gasteiger partial charge is 0.238 e. The number of nitrogens with zero attached hydrogens (tertiary/aromatic N) is 2. The number of rotatable bonds is 2. The van der Waals surface area contributed by atoms with Crippen molar-refractivity contribution < 1.29 is 9.59 Å². The summed E-state index contributed by atoms with van der Waals surface area (Å²) in [6, 6.07) is 11.7. The van der Waals surface area contributed by atoms with Gasteiger partial charge in [-0.1, -0.05) is 49.6 Å². The summed E-state index contributed by atoms with van der Waals surface area (Å²) >= 11 is 0. The Bertz CT molecular complexity index is 597. The van der Waals surface area contributed by atoms with Gasteiger partial charge >= 0.3 is 0 Å². The number of likely N-dealkylation sites (tertiary alicyclic amines) is 1. The molecule has 1 aromatic rings. The molecule has 3 rings (SSSR count). The van der Waals surface area contributed by atoms with Crippen molar-refractivity contribution in [2.75, 3.05) is 0 Å². The van der Waals surface area contributed by atoms with Crippen LogP contribution in [0.4, 0.5) is 0 Å². The van der Waals surface area contributed by atoms with E-state index in [0.29, 0.717) is 12.8 Å². The predicted octanol–water partition coefficient (Wildman–Crippen LogP) is 2.76. The molecule has 4 nitrogen and oxygen atoms in total. The van der Waals surface area contributed by atoms with Gasteiger partial charge in [0, 0.05) is 6.42 Å². The van der Waals surface area contributed by atoms with E-state index in [0.717, 1.165) is 24.8 Å². The Hall–Kier alpha value is -2.15. The van der Waals surface area contributed by atoms with Crippen LogP contribution in [0, 0.1) is 11.3 Å². The summed E-state index contributed by atoms with van der Waals surface area (Å²) in [5, 5.41) is 9.60. The van der Waals surface area contributed by atoms with E-state index in [1.165, 1.54) is 4.90 Å². The molecule has 1 heterocycles. The molecule has 1 saturated carbocycles. The van der Waals surface area contributed by atoms with Gasteiger partial charge in [0.25, 0.3) is 0 Å². The fraction of sp³-hybridized carbons (Fsp3) is 0.471. The second-order valence-corrected chi connectivity index (χ2v) is 5.94. The maximum Gasteiger partial charge on any atom is 0.238 e. The molecule has 1 unspecified atom stereocenters. The van der Waals surface area contributed by atoms with Crippen molar-refractivity contribution in [3.63, 3.8) is 0 Å². The summed E-state index contributed by atoms with van der Waals surface area (Å²) < 4.78 is 0. The number of hydrogen-bond acceptors (Lipinski definition) is 3. The third-order valence-corrected chi connectivity index (χ3v) is 4.67. The Kier molecular flexibility index (Phi) is 3.50. The Balaban J connectivity index is 1.92. The third-order valence-electron chi connectivity index (χ3n) is 4.67. The molecule has 2 aliphatic rings. The molecule has 0 spiro atoms. The number of carbonyl (C=O) groups is 2. The number of amides is 2. The lowest BCUT2D eigenvalue weighted by atomic mass is 9.81. The lowest BCUT2D eigenvalue weighted by Crippen LogP contribution is -2.52. The van der Waals surface area contributed by atoms with Crippen LogP contribution in [-0.4, -0.2) is 22.3 Å². The van der Waals surface area contributed by atoms with E-state index >= 15 is 0 Å². The van der Waals surface area contributed by atoms with Gasteiger partial charge in [-0.3, -0.25) is 14.5 Å². The molecule has 1 saturated heterocycles. The number of hydrogen-bond donors (Lipinski definition) is 0. The average Bonchev–Trinajstić information content (AvgIpc) is 2.84. The van der Waals surface area contributed by atoms with E-state index in [-0.39, 0.29) is 18.2 Å². The lowest BCUT2D eigenvalue weighted by molar-refractivity contribution is -0.145. The van der Waals surface area contributed by atoms with E-state index < -0.39 is 11.5 Å². The molecule has 0 N–H and O–H groups in total. The number of nitriles is 1. The second-order valence-electron chi connectivity index (χ2n) is 5.94. The van der Waals surface area contributed by atoms with E-state index in [9.17, 15) is 14.9 Å². The van der Waals surface area contributed by atoms with Crippen LogP contribution in [0.2, 0.25) is 0 Å². The maximum atomic E-state index is 12.7.